The maximum Gasteiger partial charge on any atom is 0.414 e. The molecule has 6 rings (SSSR count). The molecule has 1 saturated heterocycles. The van der Waals surface area contributed by atoms with Gasteiger partial charge in [0.15, 0.2) is 0 Å². The molecule has 256 valence electrons. The molecule has 3 heterocycles. The molecule has 48 heavy (non-hydrogen) atoms. The second kappa shape index (κ2) is 16.4. The van der Waals surface area contributed by atoms with E-state index in [0.717, 1.165) is 41.0 Å². The molecule has 1 unspecified atom stereocenters. The van der Waals surface area contributed by atoms with E-state index in [4.69, 9.17) is 9.72 Å². The van der Waals surface area contributed by atoms with Gasteiger partial charge in [-0.25, -0.2) is 9.78 Å². The van der Waals surface area contributed by atoms with E-state index in [-0.39, 0.29) is 30.3 Å². The van der Waals surface area contributed by atoms with Gasteiger partial charge in [0.25, 0.3) is 5.56 Å². The highest BCUT2D eigenvalue weighted by atomic mass is 16.5. The molecule has 2 aromatic heterocycles. The molecule has 4 aromatic rings. The normalized spacial score (nSPS) is 20.1. The summed E-state index contributed by atoms with van der Waals surface area (Å²) in [6.45, 7) is 4.40. The number of anilines is 2. The summed E-state index contributed by atoms with van der Waals surface area (Å²) in [6.07, 6.45) is 16.3. The van der Waals surface area contributed by atoms with Gasteiger partial charge in [0, 0.05) is 36.4 Å². The summed E-state index contributed by atoms with van der Waals surface area (Å²) in [4.78, 5) is 38.7. The molecule has 9 heteroatoms. The van der Waals surface area contributed by atoms with Crippen molar-refractivity contribution in [2.45, 2.75) is 116 Å². The fraction of sp³-hybridized carbons (Fsp3) is 0.538. The molecule has 1 aliphatic carbocycles. The van der Waals surface area contributed by atoms with E-state index in [1.807, 2.05) is 36.4 Å². The highest BCUT2D eigenvalue weighted by Gasteiger charge is 2.26. The number of aliphatic hydroxyl groups is 1. The van der Waals surface area contributed by atoms with Crippen molar-refractivity contribution < 1.29 is 14.6 Å². The number of amides is 1. The maximum atomic E-state index is 14.4. The number of hydrogen-bond acceptors (Lipinski definition) is 7. The molecular weight excluding hydrogens is 602 g/mol. The standard InChI is InChI=1S/C39H51N5O4/c1-2-3-4-5-6-8-12-28-15-11-23-43(24-22-28)31-18-21-33-34(25-31)37(46)44(30-16-19-32(45)20-17-30)36-35(33)26-40-38(41-36)42-39(47)48-27-29-13-9-7-10-14-29/h7,9-10,13-14,18,21,25-26,28,30,32,45H,2-6,8,11-12,15-17,19-20,22-24,27H2,1H3,(H,40,41,42,47). The Bertz CT molecular complexity index is 1720. The highest BCUT2D eigenvalue weighted by Crippen LogP contribution is 2.34. The molecule has 0 spiro atoms. The van der Waals surface area contributed by atoms with Crippen molar-refractivity contribution in [3.8, 4) is 0 Å². The molecule has 1 aliphatic heterocycles. The Kier molecular flexibility index (Phi) is 11.6. The summed E-state index contributed by atoms with van der Waals surface area (Å²) in [6, 6.07) is 15.6. The number of benzene rings is 2. The Hall–Kier alpha value is -3.98. The first-order valence-corrected chi connectivity index (χ1v) is 18.3. The number of unbranched alkanes of at least 4 members (excludes halogenated alkanes) is 5. The van der Waals surface area contributed by atoms with Gasteiger partial charge in [0.05, 0.1) is 11.5 Å². The molecular formula is C39H51N5O4. The van der Waals surface area contributed by atoms with Crippen LogP contribution in [0.3, 0.4) is 0 Å². The third-order valence-electron chi connectivity index (χ3n) is 10.4. The van der Waals surface area contributed by atoms with Crippen LogP contribution in [0.4, 0.5) is 16.4 Å². The third kappa shape index (κ3) is 8.35. The van der Waals surface area contributed by atoms with Crippen LogP contribution >= 0.6 is 0 Å². The van der Waals surface area contributed by atoms with Gasteiger partial charge < -0.3 is 14.7 Å². The molecule has 2 aromatic carbocycles. The molecule has 1 saturated carbocycles. The molecule has 1 amide bonds. The van der Waals surface area contributed by atoms with Crippen LogP contribution in [0.5, 0.6) is 0 Å². The summed E-state index contributed by atoms with van der Waals surface area (Å²) in [5.74, 6) is 0.862. The van der Waals surface area contributed by atoms with Gasteiger partial charge in [-0.05, 0) is 73.9 Å². The Morgan fingerprint density at radius 3 is 2.52 bits per heavy atom. The van der Waals surface area contributed by atoms with Crippen LogP contribution < -0.4 is 15.8 Å². The fourth-order valence-corrected chi connectivity index (χ4v) is 7.60. The van der Waals surface area contributed by atoms with Crippen LogP contribution in [0, 0.1) is 5.92 Å². The lowest BCUT2D eigenvalue weighted by Gasteiger charge is -2.28. The van der Waals surface area contributed by atoms with E-state index in [1.165, 1.54) is 64.2 Å². The lowest BCUT2D eigenvalue weighted by molar-refractivity contribution is 0.111. The van der Waals surface area contributed by atoms with Crippen molar-refractivity contribution in [3.63, 3.8) is 0 Å². The minimum absolute atomic E-state index is 0.0839. The summed E-state index contributed by atoms with van der Waals surface area (Å²) < 4.78 is 7.17. The first-order chi connectivity index (χ1) is 23.5. The molecule has 1 atom stereocenters. The Morgan fingerprint density at radius 2 is 1.71 bits per heavy atom. The summed E-state index contributed by atoms with van der Waals surface area (Å²) in [5.41, 5.74) is 2.36. The largest absolute Gasteiger partial charge is 0.444 e. The number of fused-ring (bicyclic) bond motifs is 3. The Morgan fingerprint density at radius 1 is 0.917 bits per heavy atom. The molecule has 0 bridgehead atoms. The number of rotatable bonds is 12. The summed E-state index contributed by atoms with van der Waals surface area (Å²) in [7, 11) is 0. The maximum absolute atomic E-state index is 14.4. The number of carbonyl (C=O) groups excluding carboxylic acids is 1. The van der Waals surface area contributed by atoms with Gasteiger partial charge in [0.1, 0.15) is 12.3 Å². The van der Waals surface area contributed by atoms with Gasteiger partial charge >= 0.3 is 6.09 Å². The van der Waals surface area contributed by atoms with Gasteiger partial charge in [-0.3, -0.25) is 14.7 Å². The zero-order chi connectivity index (χ0) is 33.3. The van der Waals surface area contributed by atoms with E-state index < -0.39 is 6.09 Å². The number of carbonyl (C=O) groups is 1. The molecule has 2 aliphatic rings. The number of nitrogens with zero attached hydrogens (tertiary/aromatic N) is 4. The van der Waals surface area contributed by atoms with Gasteiger partial charge in [0.2, 0.25) is 5.95 Å². The second-order valence-electron chi connectivity index (χ2n) is 13.8. The monoisotopic (exact) mass is 653 g/mol. The number of nitrogens with one attached hydrogen (secondary N) is 1. The van der Waals surface area contributed by atoms with Crippen molar-refractivity contribution in [2.24, 2.45) is 5.92 Å². The van der Waals surface area contributed by atoms with Crippen LogP contribution in [0.2, 0.25) is 0 Å². The second-order valence-corrected chi connectivity index (χ2v) is 13.8. The summed E-state index contributed by atoms with van der Waals surface area (Å²) in [5, 5.41) is 15.1. The zero-order valence-corrected chi connectivity index (χ0v) is 28.4. The van der Waals surface area contributed by atoms with E-state index >= 15 is 0 Å². The smallest absolute Gasteiger partial charge is 0.414 e. The Labute approximate surface area is 283 Å². The van der Waals surface area contributed by atoms with Gasteiger partial charge in [-0.2, -0.15) is 4.98 Å². The van der Waals surface area contributed by atoms with E-state index in [1.54, 1.807) is 10.8 Å². The van der Waals surface area contributed by atoms with Crippen molar-refractivity contribution >= 4 is 39.5 Å². The number of ether oxygens (including phenoxy) is 1. The zero-order valence-electron chi connectivity index (χ0n) is 28.4. The number of aromatic nitrogens is 3. The summed E-state index contributed by atoms with van der Waals surface area (Å²) >= 11 is 0. The lowest BCUT2D eigenvalue weighted by Crippen LogP contribution is -2.31. The Balaban J connectivity index is 1.23. The topological polar surface area (TPSA) is 110 Å². The molecule has 2 N–H and O–H groups in total. The van der Waals surface area contributed by atoms with Crippen molar-refractivity contribution in [2.75, 3.05) is 23.3 Å². The van der Waals surface area contributed by atoms with Crippen molar-refractivity contribution in [1.29, 1.82) is 0 Å². The average Bonchev–Trinajstić information content (AvgIpc) is 3.36. The predicted molar refractivity (Wildman–Crippen MR) is 193 cm³/mol. The van der Waals surface area contributed by atoms with Gasteiger partial charge in [-0.15, -0.1) is 0 Å². The van der Waals surface area contributed by atoms with Crippen LogP contribution in [0.25, 0.3) is 21.8 Å². The highest BCUT2D eigenvalue weighted by molar-refractivity contribution is 6.05. The van der Waals surface area contributed by atoms with Gasteiger partial charge in [-0.1, -0.05) is 88.3 Å². The number of aliphatic hydroxyl groups excluding tert-OH is 1. The minimum atomic E-state index is -0.662. The van der Waals surface area contributed by atoms with Crippen LogP contribution in [0.1, 0.15) is 108 Å². The molecule has 0 radical (unpaired) electrons. The first kappa shape index (κ1) is 33.9. The quantitative estimate of drug-likeness (QED) is 0.117. The molecule has 2 fully saturated rings. The van der Waals surface area contributed by atoms with Crippen LogP contribution in [-0.2, 0) is 11.3 Å². The SMILES string of the molecule is CCCCCCCCC1CCCN(c2ccc3c(c2)c(=O)n(C2CCC(O)CC2)c2nc(NC(=O)OCc4ccccc4)ncc32)CC1. The number of hydrogen-bond donors (Lipinski definition) is 2. The minimum Gasteiger partial charge on any atom is -0.444 e. The van der Waals surface area contributed by atoms with Crippen molar-refractivity contribution in [1.82, 2.24) is 14.5 Å². The number of pyridine rings is 1. The van der Waals surface area contributed by atoms with E-state index in [0.29, 0.717) is 36.7 Å². The molecule has 9 nitrogen and oxygen atoms in total. The average molecular weight is 654 g/mol. The van der Waals surface area contributed by atoms with Crippen molar-refractivity contribution in [3.05, 3.63) is 70.6 Å². The predicted octanol–water partition coefficient (Wildman–Crippen LogP) is 8.53. The third-order valence-corrected chi connectivity index (χ3v) is 10.4. The van der Waals surface area contributed by atoms with Crippen LogP contribution in [0.15, 0.2) is 59.5 Å². The van der Waals surface area contributed by atoms with E-state index in [9.17, 15) is 14.7 Å². The lowest BCUT2D eigenvalue weighted by atomic mass is 9.92. The first-order valence-electron chi connectivity index (χ1n) is 18.3. The van der Waals surface area contributed by atoms with E-state index in [2.05, 4.69) is 34.3 Å². The van der Waals surface area contributed by atoms with Crippen LogP contribution in [-0.4, -0.2) is 44.9 Å². The fourth-order valence-electron chi connectivity index (χ4n) is 7.60.